The second kappa shape index (κ2) is 10.7. The van der Waals surface area contributed by atoms with Crippen LogP contribution in [0.25, 0.3) is 11.3 Å². The van der Waals surface area contributed by atoms with E-state index in [2.05, 4.69) is 10.3 Å². The van der Waals surface area contributed by atoms with Gasteiger partial charge in [-0.25, -0.2) is 4.98 Å². The van der Waals surface area contributed by atoms with Crippen molar-refractivity contribution in [3.8, 4) is 28.5 Å². The molecular formula is C22H22Cl2N2O4S. The lowest BCUT2D eigenvalue weighted by Crippen LogP contribution is -2.13. The Labute approximate surface area is 195 Å². The Morgan fingerprint density at radius 1 is 1.00 bits per heavy atom. The average Bonchev–Trinajstić information content (AvgIpc) is 3.20. The van der Waals surface area contributed by atoms with Gasteiger partial charge < -0.3 is 14.2 Å². The minimum absolute atomic E-state index is 0.344. The largest absolute Gasteiger partial charge is 0.490 e. The van der Waals surface area contributed by atoms with E-state index in [9.17, 15) is 4.79 Å². The van der Waals surface area contributed by atoms with Gasteiger partial charge in [-0.3, -0.25) is 10.1 Å². The minimum Gasteiger partial charge on any atom is -0.490 e. The Bertz CT molecular complexity index is 1040. The summed E-state index contributed by atoms with van der Waals surface area (Å²) in [5.41, 5.74) is 1.70. The number of amides is 1. The summed E-state index contributed by atoms with van der Waals surface area (Å²) >= 11 is 13.6. The smallest absolute Gasteiger partial charge is 0.257 e. The highest BCUT2D eigenvalue weighted by molar-refractivity contribution is 7.14. The predicted octanol–water partition coefficient (Wildman–Crippen LogP) is 6.57. The van der Waals surface area contributed by atoms with Gasteiger partial charge in [0, 0.05) is 21.5 Å². The van der Waals surface area contributed by atoms with Gasteiger partial charge in [0.2, 0.25) is 5.75 Å². The average molecular weight is 481 g/mol. The first-order valence-electron chi connectivity index (χ1n) is 9.75. The molecular weight excluding hydrogens is 459 g/mol. The lowest BCUT2D eigenvalue weighted by molar-refractivity contribution is 0.102. The molecule has 1 amide bonds. The molecule has 0 saturated heterocycles. The van der Waals surface area contributed by atoms with E-state index in [0.29, 0.717) is 69.1 Å². The molecule has 0 bridgehead atoms. The summed E-state index contributed by atoms with van der Waals surface area (Å²) in [6, 6.07) is 8.42. The van der Waals surface area contributed by atoms with Crippen LogP contribution in [0.15, 0.2) is 35.7 Å². The summed E-state index contributed by atoms with van der Waals surface area (Å²) < 4.78 is 17.0. The number of benzene rings is 2. The number of anilines is 1. The highest BCUT2D eigenvalue weighted by atomic mass is 35.5. The van der Waals surface area contributed by atoms with Crippen molar-refractivity contribution in [2.24, 2.45) is 0 Å². The second-order valence-electron chi connectivity index (χ2n) is 6.22. The van der Waals surface area contributed by atoms with Crippen LogP contribution in [0.3, 0.4) is 0 Å². The minimum atomic E-state index is -0.344. The molecule has 164 valence electrons. The highest BCUT2D eigenvalue weighted by Crippen LogP contribution is 2.39. The Hall–Kier alpha value is -2.48. The highest BCUT2D eigenvalue weighted by Gasteiger charge is 2.19. The molecule has 3 aromatic rings. The zero-order valence-electron chi connectivity index (χ0n) is 17.3. The van der Waals surface area contributed by atoms with Crippen LogP contribution in [0.1, 0.15) is 31.1 Å². The van der Waals surface area contributed by atoms with Crippen molar-refractivity contribution in [2.75, 3.05) is 25.1 Å². The molecule has 3 rings (SSSR count). The van der Waals surface area contributed by atoms with Crippen molar-refractivity contribution >= 4 is 45.6 Å². The SMILES string of the molecule is CCOc1cc(C(=O)Nc2nc(-c3cc(Cl)ccc3Cl)cs2)cc(OCC)c1OCC. The molecule has 1 aromatic heterocycles. The van der Waals surface area contributed by atoms with E-state index in [1.54, 1.807) is 30.3 Å². The van der Waals surface area contributed by atoms with Gasteiger partial charge in [0.15, 0.2) is 16.6 Å². The Kier molecular flexibility index (Phi) is 8.01. The van der Waals surface area contributed by atoms with Crippen LogP contribution >= 0.6 is 34.5 Å². The van der Waals surface area contributed by atoms with E-state index >= 15 is 0 Å². The van der Waals surface area contributed by atoms with E-state index in [4.69, 9.17) is 37.4 Å². The number of nitrogens with one attached hydrogen (secondary N) is 1. The van der Waals surface area contributed by atoms with E-state index in [1.165, 1.54) is 11.3 Å². The molecule has 9 heteroatoms. The third kappa shape index (κ3) is 5.61. The van der Waals surface area contributed by atoms with Crippen LogP contribution in [0.5, 0.6) is 17.2 Å². The van der Waals surface area contributed by atoms with E-state index in [-0.39, 0.29) is 5.91 Å². The van der Waals surface area contributed by atoms with E-state index in [0.717, 1.165) is 0 Å². The summed E-state index contributed by atoms with van der Waals surface area (Å²) in [6.45, 7) is 6.89. The van der Waals surface area contributed by atoms with E-state index in [1.807, 2.05) is 26.2 Å². The van der Waals surface area contributed by atoms with Crippen LogP contribution in [-0.4, -0.2) is 30.7 Å². The zero-order valence-corrected chi connectivity index (χ0v) is 19.7. The maximum Gasteiger partial charge on any atom is 0.257 e. The number of carbonyl (C=O) groups excluding carboxylic acids is 1. The van der Waals surface area contributed by atoms with Crippen LogP contribution < -0.4 is 19.5 Å². The monoisotopic (exact) mass is 480 g/mol. The molecule has 0 atom stereocenters. The van der Waals surface area contributed by atoms with Gasteiger partial charge in [-0.05, 0) is 51.1 Å². The van der Waals surface area contributed by atoms with Crippen LogP contribution in [0, 0.1) is 0 Å². The van der Waals surface area contributed by atoms with Crippen molar-refractivity contribution in [1.82, 2.24) is 4.98 Å². The molecule has 0 aliphatic carbocycles. The quantitative estimate of drug-likeness (QED) is 0.375. The summed E-state index contributed by atoms with van der Waals surface area (Å²) in [5.74, 6) is 1.04. The molecule has 0 spiro atoms. The van der Waals surface area contributed by atoms with Crippen LogP contribution in [-0.2, 0) is 0 Å². The number of hydrogen-bond donors (Lipinski definition) is 1. The predicted molar refractivity (Wildman–Crippen MR) is 125 cm³/mol. The number of nitrogens with zero attached hydrogens (tertiary/aromatic N) is 1. The van der Waals surface area contributed by atoms with Gasteiger partial charge in [0.1, 0.15) is 0 Å². The molecule has 6 nitrogen and oxygen atoms in total. The first kappa shape index (κ1) is 23.2. The standard InChI is InChI=1S/C22H22Cl2N2O4S/c1-4-28-18-9-13(10-19(29-5-2)20(18)30-6-3)21(27)26-22-25-17(12-31-22)15-11-14(23)7-8-16(15)24/h7-12H,4-6H2,1-3H3,(H,25,26,27). The zero-order chi connectivity index (χ0) is 22.4. The number of aromatic nitrogens is 1. The topological polar surface area (TPSA) is 69.7 Å². The Balaban J connectivity index is 1.88. The molecule has 0 fully saturated rings. The van der Waals surface area contributed by atoms with E-state index < -0.39 is 0 Å². The van der Waals surface area contributed by atoms with Gasteiger partial charge >= 0.3 is 0 Å². The van der Waals surface area contributed by atoms with Gasteiger partial charge in [0.05, 0.1) is 30.5 Å². The molecule has 0 unspecified atom stereocenters. The second-order valence-corrected chi connectivity index (χ2v) is 7.92. The van der Waals surface area contributed by atoms with Crippen molar-refractivity contribution < 1.29 is 19.0 Å². The molecule has 31 heavy (non-hydrogen) atoms. The fraction of sp³-hybridized carbons (Fsp3) is 0.273. The first-order valence-corrected chi connectivity index (χ1v) is 11.4. The lowest BCUT2D eigenvalue weighted by atomic mass is 10.1. The number of rotatable bonds is 9. The molecule has 0 aliphatic heterocycles. The molecule has 1 N–H and O–H groups in total. The molecule has 0 saturated carbocycles. The molecule has 0 aliphatic rings. The van der Waals surface area contributed by atoms with Crippen LogP contribution in [0.4, 0.5) is 5.13 Å². The van der Waals surface area contributed by atoms with Gasteiger partial charge in [0.25, 0.3) is 5.91 Å². The third-order valence-electron chi connectivity index (χ3n) is 4.10. The maximum absolute atomic E-state index is 12.9. The van der Waals surface area contributed by atoms with Crippen molar-refractivity contribution in [3.05, 3.63) is 51.3 Å². The summed E-state index contributed by atoms with van der Waals surface area (Å²) in [6.07, 6.45) is 0. The Morgan fingerprint density at radius 3 is 2.26 bits per heavy atom. The van der Waals surface area contributed by atoms with Gasteiger partial charge in [-0.1, -0.05) is 23.2 Å². The fourth-order valence-electron chi connectivity index (χ4n) is 2.84. The molecule has 2 aromatic carbocycles. The van der Waals surface area contributed by atoms with Crippen LogP contribution in [0.2, 0.25) is 10.0 Å². The molecule has 0 radical (unpaired) electrons. The fourth-order valence-corrected chi connectivity index (χ4v) is 3.93. The summed E-state index contributed by atoms with van der Waals surface area (Å²) in [4.78, 5) is 17.4. The normalized spacial score (nSPS) is 10.6. The number of ether oxygens (including phenoxy) is 3. The number of halogens is 2. The molecule has 1 heterocycles. The van der Waals surface area contributed by atoms with Gasteiger partial charge in [-0.15, -0.1) is 11.3 Å². The van der Waals surface area contributed by atoms with Crippen molar-refractivity contribution in [3.63, 3.8) is 0 Å². The number of carbonyl (C=O) groups is 1. The third-order valence-corrected chi connectivity index (χ3v) is 5.42. The Morgan fingerprint density at radius 2 is 1.65 bits per heavy atom. The maximum atomic E-state index is 12.9. The van der Waals surface area contributed by atoms with Gasteiger partial charge in [-0.2, -0.15) is 0 Å². The first-order chi connectivity index (χ1) is 15.0. The van der Waals surface area contributed by atoms with Crippen molar-refractivity contribution in [1.29, 1.82) is 0 Å². The number of thiazole rings is 1. The summed E-state index contributed by atoms with van der Waals surface area (Å²) in [5, 5.41) is 6.14. The van der Waals surface area contributed by atoms with Crippen molar-refractivity contribution in [2.45, 2.75) is 20.8 Å². The number of hydrogen-bond acceptors (Lipinski definition) is 6. The lowest BCUT2D eigenvalue weighted by Gasteiger charge is -2.16. The summed E-state index contributed by atoms with van der Waals surface area (Å²) in [7, 11) is 0.